The van der Waals surface area contributed by atoms with Crippen LogP contribution in [0.4, 0.5) is 0 Å². The largest absolute Gasteiger partial charge is 0.494 e. The van der Waals surface area contributed by atoms with E-state index in [1.807, 2.05) is 30.3 Å². The maximum absolute atomic E-state index is 10.9. The van der Waals surface area contributed by atoms with Gasteiger partial charge in [0.2, 0.25) is 0 Å². The third-order valence-electron chi connectivity index (χ3n) is 3.75. The van der Waals surface area contributed by atoms with Crippen LogP contribution in [0.15, 0.2) is 30.3 Å². The van der Waals surface area contributed by atoms with E-state index in [2.05, 4.69) is 4.90 Å². The molecule has 1 N–H and O–H groups in total. The first kappa shape index (κ1) is 14.9. The Labute approximate surface area is 120 Å². The molecule has 2 rings (SSSR count). The van der Waals surface area contributed by atoms with Gasteiger partial charge in [-0.2, -0.15) is 0 Å². The SMILES string of the molecule is O=C(O)C1CCN(CCCCCOc2ccccc2)C1. The van der Waals surface area contributed by atoms with Crippen molar-refractivity contribution in [3.05, 3.63) is 30.3 Å². The number of hydrogen-bond donors (Lipinski definition) is 1. The lowest BCUT2D eigenvalue weighted by Crippen LogP contribution is -2.24. The maximum atomic E-state index is 10.9. The van der Waals surface area contributed by atoms with Gasteiger partial charge in [-0.1, -0.05) is 18.2 Å². The third-order valence-corrected chi connectivity index (χ3v) is 3.75. The minimum atomic E-state index is -0.649. The van der Waals surface area contributed by atoms with Crippen LogP contribution in [0.1, 0.15) is 25.7 Å². The second-order valence-electron chi connectivity index (χ2n) is 5.35. The van der Waals surface area contributed by atoms with Gasteiger partial charge in [-0.25, -0.2) is 0 Å². The molecular formula is C16H23NO3. The smallest absolute Gasteiger partial charge is 0.307 e. The van der Waals surface area contributed by atoms with Gasteiger partial charge >= 0.3 is 5.97 Å². The van der Waals surface area contributed by atoms with Gasteiger partial charge in [0.1, 0.15) is 5.75 Å². The van der Waals surface area contributed by atoms with Gasteiger partial charge in [0.15, 0.2) is 0 Å². The number of benzene rings is 1. The number of hydrogen-bond acceptors (Lipinski definition) is 3. The predicted octanol–water partition coefficient (Wildman–Crippen LogP) is 2.64. The van der Waals surface area contributed by atoms with Gasteiger partial charge in [-0.15, -0.1) is 0 Å². The van der Waals surface area contributed by atoms with E-state index in [4.69, 9.17) is 9.84 Å². The molecule has 110 valence electrons. The van der Waals surface area contributed by atoms with Crippen LogP contribution in [0.2, 0.25) is 0 Å². The molecule has 1 atom stereocenters. The summed E-state index contributed by atoms with van der Waals surface area (Å²) in [5.74, 6) is 0.122. The van der Waals surface area contributed by atoms with E-state index in [1.54, 1.807) is 0 Å². The van der Waals surface area contributed by atoms with E-state index in [0.29, 0.717) is 0 Å². The first-order valence-corrected chi connectivity index (χ1v) is 7.39. The number of likely N-dealkylation sites (tertiary alicyclic amines) is 1. The molecule has 0 bridgehead atoms. The number of rotatable bonds is 8. The van der Waals surface area contributed by atoms with Crippen LogP contribution in [-0.4, -0.2) is 42.2 Å². The van der Waals surface area contributed by atoms with Gasteiger partial charge < -0.3 is 14.7 Å². The molecule has 1 saturated heterocycles. The van der Waals surface area contributed by atoms with Crippen LogP contribution in [0.3, 0.4) is 0 Å². The van der Waals surface area contributed by atoms with Gasteiger partial charge in [-0.05, 0) is 50.9 Å². The average Bonchev–Trinajstić information content (AvgIpc) is 2.93. The molecule has 1 heterocycles. The molecule has 0 aliphatic carbocycles. The molecule has 1 aliphatic heterocycles. The Morgan fingerprint density at radius 3 is 2.75 bits per heavy atom. The zero-order valence-electron chi connectivity index (χ0n) is 11.8. The first-order chi connectivity index (χ1) is 9.75. The highest BCUT2D eigenvalue weighted by molar-refractivity contribution is 5.70. The molecule has 1 fully saturated rings. The van der Waals surface area contributed by atoms with E-state index < -0.39 is 5.97 Å². The highest BCUT2D eigenvalue weighted by Crippen LogP contribution is 2.17. The fraction of sp³-hybridized carbons (Fsp3) is 0.562. The number of ether oxygens (including phenoxy) is 1. The Balaban J connectivity index is 1.49. The molecule has 0 radical (unpaired) electrons. The Kier molecular flexibility index (Phi) is 5.87. The monoisotopic (exact) mass is 277 g/mol. The molecule has 0 saturated carbocycles. The molecule has 1 aliphatic rings. The van der Waals surface area contributed by atoms with Gasteiger partial charge in [0.25, 0.3) is 0 Å². The molecule has 4 heteroatoms. The molecule has 0 spiro atoms. The number of carbonyl (C=O) groups is 1. The van der Waals surface area contributed by atoms with Gasteiger partial charge in [-0.3, -0.25) is 4.79 Å². The number of aliphatic carboxylic acids is 1. The Hall–Kier alpha value is -1.55. The molecule has 0 amide bonds. The Bertz CT molecular complexity index is 407. The first-order valence-electron chi connectivity index (χ1n) is 7.39. The van der Waals surface area contributed by atoms with Crippen molar-refractivity contribution in [2.75, 3.05) is 26.2 Å². The molecule has 20 heavy (non-hydrogen) atoms. The van der Waals surface area contributed by atoms with Crippen LogP contribution >= 0.6 is 0 Å². The van der Waals surface area contributed by atoms with Crippen molar-refractivity contribution in [2.45, 2.75) is 25.7 Å². The topological polar surface area (TPSA) is 49.8 Å². The lowest BCUT2D eigenvalue weighted by atomic mass is 10.1. The van der Waals surface area contributed by atoms with Crippen molar-refractivity contribution in [2.24, 2.45) is 5.92 Å². The summed E-state index contributed by atoms with van der Waals surface area (Å²) < 4.78 is 5.64. The molecular weight excluding hydrogens is 254 g/mol. The summed E-state index contributed by atoms with van der Waals surface area (Å²) in [4.78, 5) is 13.1. The average molecular weight is 277 g/mol. The summed E-state index contributed by atoms with van der Waals surface area (Å²) in [7, 11) is 0. The highest BCUT2D eigenvalue weighted by Gasteiger charge is 2.27. The van der Waals surface area contributed by atoms with Crippen LogP contribution in [0.25, 0.3) is 0 Å². The van der Waals surface area contributed by atoms with Crippen LogP contribution in [0, 0.1) is 5.92 Å². The number of para-hydroxylation sites is 1. The van der Waals surface area contributed by atoms with Crippen molar-refractivity contribution in [1.29, 1.82) is 0 Å². The fourth-order valence-corrected chi connectivity index (χ4v) is 2.56. The summed E-state index contributed by atoms with van der Waals surface area (Å²) in [6.45, 7) is 3.41. The van der Waals surface area contributed by atoms with Crippen LogP contribution in [-0.2, 0) is 4.79 Å². The molecule has 1 aromatic rings. The number of carboxylic acids is 1. The van der Waals surface area contributed by atoms with Gasteiger partial charge in [0.05, 0.1) is 12.5 Å². The van der Waals surface area contributed by atoms with E-state index in [1.165, 1.54) is 0 Å². The lowest BCUT2D eigenvalue weighted by molar-refractivity contribution is -0.141. The van der Waals surface area contributed by atoms with E-state index >= 15 is 0 Å². The lowest BCUT2D eigenvalue weighted by Gasteiger charge is -2.14. The predicted molar refractivity (Wildman–Crippen MR) is 78.0 cm³/mol. The summed E-state index contributed by atoms with van der Waals surface area (Å²) in [6.07, 6.45) is 4.09. The van der Waals surface area contributed by atoms with Crippen LogP contribution < -0.4 is 4.74 Å². The Morgan fingerprint density at radius 1 is 1.25 bits per heavy atom. The standard InChI is InChI=1S/C16H23NO3/c18-16(19)14-9-11-17(13-14)10-5-2-6-12-20-15-7-3-1-4-8-15/h1,3-4,7-8,14H,2,5-6,9-13H2,(H,18,19). The number of unbranched alkanes of at least 4 members (excludes halogenated alkanes) is 2. The van der Waals surface area contributed by atoms with Crippen molar-refractivity contribution in [1.82, 2.24) is 4.90 Å². The van der Waals surface area contributed by atoms with E-state index in [9.17, 15) is 4.79 Å². The summed E-state index contributed by atoms with van der Waals surface area (Å²) in [5.41, 5.74) is 0. The zero-order chi connectivity index (χ0) is 14.2. The molecule has 0 aromatic heterocycles. The maximum Gasteiger partial charge on any atom is 0.307 e. The van der Waals surface area contributed by atoms with Crippen LogP contribution in [0.5, 0.6) is 5.75 Å². The van der Waals surface area contributed by atoms with Crippen molar-refractivity contribution >= 4 is 5.97 Å². The Morgan fingerprint density at radius 2 is 2.05 bits per heavy atom. The normalized spacial score (nSPS) is 19.1. The fourth-order valence-electron chi connectivity index (χ4n) is 2.56. The second kappa shape index (κ2) is 7.90. The molecule has 1 unspecified atom stereocenters. The van der Waals surface area contributed by atoms with E-state index in [0.717, 1.165) is 57.7 Å². The van der Waals surface area contributed by atoms with Gasteiger partial charge in [0, 0.05) is 6.54 Å². The summed E-state index contributed by atoms with van der Waals surface area (Å²) >= 11 is 0. The zero-order valence-corrected chi connectivity index (χ0v) is 11.8. The molecule has 1 aromatic carbocycles. The van der Waals surface area contributed by atoms with Crippen molar-refractivity contribution in [3.8, 4) is 5.75 Å². The van der Waals surface area contributed by atoms with E-state index in [-0.39, 0.29) is 5.92 Å². The number of nitrogens with zero attached hydrogens (tertiary/aromatic N) is 1. The molecule has 4 nitrogen and oxygen atoms in total. The third kappa shape index (κ3) is 4.85. The minimum absolute atomic E-state index is 0.156. The van der Waals surface area contributed by atoms with Crippen molar-refractivity contribution < 1.29 is 14.6 Å². The second-order valence-corrected chi connectivity index (χ2v) is 5.35. The highest BCUT2D eigenvalue weighted by atomic mass is 16.5. The summed E-state index contributed by atoms with van der Waals surface area (Å²) in [5, 5.41) is 8.94. The van der Waals surface area contributed by atoms with Crippen molar-refractivity contribution in [3.63, 3.8) is 0 Å². The summed E-state index contributed by atoms with van der Waals surface area (Å²) in [6, 6.07) is 9.86. The number of carboxylic acid groups (broad SMARTS) is 1. The minimum Gasteiger partial charge on any atom is -0.494 e. The quantitative estimate of drug-likeness (QED) is 0.742.